The van der Waals surface area contributed by atoms with Gasteiger partial charge in [0, 0.05) is 62.6 Å². The molecule has 3 aromatic heterocycles. The molecule has 0 saturated carbocycles. The smallest absolute Gasteiger partial charge is 0.164 e. The maximum absolute atomic E-state index is 9.53. The Labute approximate surface area is 360 Å². The van der Waals surface area contributed by atoms with Gasteiger partial charge in [-0.05, 0) is 58.1 Å². The number of benzene rings is 8. The lowest BCUT2D eigenvalue weighted by atomic mass is 9.95. The minimum atomic E-state index is -0.914. The number of aromatic nitrogens is 3. The third-order valence-corrected chi connectivity index (χ3v) is 11.5. The molecular formula is C51H31N3S2. The maximum Gasteiger partial charge on any atom is 0.164 e. The van der Waals surface area contributed by atoms with Crippen molar-refractivity contribution in [1.29, 1.82) is 0 Å². The molecule has 0 spiro atoms. The van der Waals surface area contributed by atoms with Crippen molar-refractivity contribution in [3.05, 3.63) is 188 Å². The van der Waals surface area contributed by atoms with Gasteiger partial charge in [-0.1, -0.05) is 157 Å². The summed E-state index contributed by atoms with van der Waals surface area (Å²) >= 11 is 2.50. The van der Waals surface area contributed by atoms with E-state index >= 15 is 0 Å². The number of rotatable bonds is 6. The standard InChI is InChI=1S/C51H31N3S2/c1-4-15-32(16-5-1)35-21-12-22-36(29-35)50-52-49(34-19-8-3-9-20-34)53-51(54-50)41-26-14-28-45-46(41)40-25-13-24-38(47(40)56-45)37-30-42(33-17-6-2-7-18-33)48-43(31-37)39-23-10-11-27-44(39)55-48/h1-31H/i1D,3D,4D,5D,8D,9D,12D,13D,14D,15D,16D,19D,20D,21D,22D,24D,25D,26D,28D,29D. The normalized spacial score (nSPS) is 16.6. The molecule has 0 aliphatic rings. The molecule has 3 heterocycles. The Bertz CT molecular complexity index is 4370. The third kappa shape index (κ3) is 5.60. The first kappa shape index (κ1) is 18.2. The van der Waals surface area contributed by atoms with Gasteiger partial charge in [0.2, 0.25) is 0 Å². The van der Waals surface area contributed by atoms with Gasteiger partial charge in [-0.3, -0.25) is 0 Å². The van der Waals surface area contributed by atoms with Crippen LogP contribution < -0.4 is 0 Å². The van der Waals surface area contributed by atoms with Crippen LogP contribution in [0.4, 0.5) is 0 Å². The Morgan fingerprint density at radius 1 is 0.375 bits per heavy atom. The molecule has 0 N–H and O–H groups in total. The fraction of sp³-hybridized carbons (Fsp3) is 0. The quantitative estimate of drug-likeness (QED) is 0.169. The highest BCUT2D eigenvalue weighted by Gasteiger charge is 2.20. The first-order chi connectivity index (χ1) is 36.1. The molecule has 11 rings (SSSR count). The van der Waals surface area contributed by atoms with Crippen molar-refractivity contribution in [2.45, 2.75) is 0 Å². The highest BCUT2D eigenvalue weighted by molar-refractivity contribution is 7.27. The van der Waals surface area contributed by atoms with Crippen molar-refractivity contribution in [3.8, 4) is 67.5 Å². The molecule has 11 aromatic rings. The van der Waals surface area contributed by atoms with E-state index in [1.165, 1.54) is 0 Å². The van der Waals surface area contributed by atoms with E-state index in [0.717, 1.165) is 42.6 Å². The van der Waals surface area contributed by atoms with Gasteiger partial charge in [0.25, 0.3) is 0 Å². The van der Waals surface area contributed by atoms with Gasteiger partial charge in [0.15, 0.2) is 17.5 Å². The van der Waals surface area contributed by atoms with Crippen LogP contribution in [-0.4, -0.2) is 15.0 Å². The Kier molecular flexibility index (Phi) is 4.39. The summed E-state index contributed by atoms with van der Waals surface area (Å²) in [5.74, 6) is -2.08. The van der Waals surface area contributed by atoms with Crippen LogP contribution in [0.2, 0.25) is 0 Å². The largest absolute Gasteiger partial charge is 0.208 e. The summed E-state index contributed by atoms with van der Waals surface area (Å²) in [5.41, 5.74) is -0.740. The van der Waals surface area contributed by atoms with Crippen LogP contribution in [0.1, 0.15) is 27.4 Å². The Morgan fingerprint density at radius 2 is 1.00 bits per heavy atom. The van der Waals surface area contributed by atoms with Gasteiger partial charge in [0.05, 0.1) is 27.4 Å². The van der Waals surface area contributed by atoms with E-state index in [-0.39, 0.29) is 31.8 Å². The molecule has 262 valence electrons. The molecule has 0 aliphatic heterocycles. The number of thiophene rings is 2. The summed E-state index contributed by atoms with van der Waals surface area (Å²) in [6.07, 6.45) is 0. The average molecular weight is 770 g/mol. The minimum Gasteiger partial charge on any atom is -0.208 e. The lowest BCUT2D eigenvalue weighted by Crippen LogP contribution is -2.00. The minimum absolute atomic E-state index is 0.0137. The molecule has 0 aliphatic carbocycles. The van der Waals surface area contributed by atoms with Crippen molar-refractivity contribution in [2.75, 3.05) is 0 Å². The molecule has 0 amide bonds. The van der Waals surface area contributed by atoms with Gasteiger partial charge in [0.1, 0.15) is 0 Å². The van der Waals surface area contributed by atoms with Crippen molar-refractivity contribution in [2.24, 2.45) is 0 Å². The Balaban J connectivity index is 1.28. The van der Waals surface area contributed by atoms with Gasteiger partial charge in [-0.2, -0.15) is 0 Å². The van der Waals surface area contributed by atoms with Crippen molar-refractivity contribution < 1.29 is 27.4 Å². The third-order valence-electron chi connectivity index (χ3n) is 9.16. The summed E-state index contributed by atoms with van der Waals surface area (Å²) < 4.78 is 180. The van der Waals surface area contributed by atoms with Gasteiger partial charge >= 0.3 is 0 Å². The maximum atomic E-state index is 9.53. The van der Waals surface area contributed by atoms with Crippen LogP contribution in [0.3, 0.4) is 0 Å². The van der Waals surface area contributed by atoms with Gasteiger partial charge in [-0.15, -0.1) is 22.7 Å². The second kappa shape index (κ2) is 13.5. The van der Waals surface area contributed by atoms with Crippen LogP contribution >= 0.6 is 22.7 Å². The molecule has 0 radical (unpaired) electrons. The zero-order valence-electron chi connectivity index (χ0n) is 48.5. The molecule has 0 fully saturated rings. The van der Waals surface area contributed by atoms with Crippen LogP contribution in [-0.2, 0) is 0 Å². The molecule has 0 saturated heterocycles. The molecular weight excluding hydrogens is 719 g/mol. The molecule has 0 bridgehead atoms. The number of hydrogen-bond donors (Lipinski definition) is 0. The topological polar surface area (TPSA) is 38.7 Å². The van der Waals surface area contributed by atoms with E-state index in [2.05, 4.69) is 15.0 Å². The fourth-order valence-electron chi connectivity index (χ4n) is 6.68. The van der Waals surface area contributed by atoms with E-state index in [1.54, 1.807) is 11.3 Å². The summed E-state index contributed by atoms with van der Waals surface area (Å²) in [6.45, 7) is 0. The van der Waals surface area contributed by atoms with Crippen molar-refractivity contribution >= 4 is 63.0 Å². The fourth-order valence-corrected chi connectivity index (χ4v) is 9.04. The van der Waals surface area contributed by atoms with E-state index in [4.69, 9.17) is 19.2 Å². The number of hydrogen-bond acceptors (Lipinski definition) is 5. The van der Waals surface area contributed by atoms with Gasteiger partial charge < -0.3 is 0 Å². The number of fused-ring (bicyclic) bond motifs is 6. The molecule has 56 heavy (non-hydrogen) atoms. The van der Waals surface area contributed by atoms with E-state index in [0.29, 0.717) is 5.56 Å². The van der Waals surface area contributed by atoms with Crippen LogP contribution in [0, 0.1) is 0 Å². The Morgan fingerprint density at radius 3 is 1.84 bits per heavy atom. The average Bonchev–Trinajstić information content (AvgIpc) is 4.06. The SMILES string of the molecule is [2H]c1c([2H])c([2H])c(-c2nc(-c3c([2H])c([2H])c([2H])c(-c4c([2H])c([2H])c([2H])c([2H])c4[2H])c3[2H])nc(-c3c([2H])c([2H])c([2H])c4sc5c(-c6cc(-c7ccccc7)c7sc8ccccc8c7c6)c([2H])c([2H])c([2H])c5c34)n2)c([2H])c1[2H]. The van der Waals surface area contributed by atoms with E-state index in [9.17, 15) is 8.22 Å². The molecule has 3 nitrogen and oxygen atoms in total. The zero-order valence-corrected chi connectivity index (χ0v) is 30.1. The summed E-state index contributed by atoms with van der Waals surface area (Å²) in [7, 11) is 0. The first-order valence-corrected chi connectivity index (χ1v) is 18.7. The van der Waals surface area contributed by atoms with Crippen molar-refractivity contribution in [1.82, 2.24) is 15.0 Å². The highest BCUT2D eigenvalue weighted by Crippen LogP contribution is 2.47. The predicted octanol–water partition coefficient (Wildman–Crippen LogP) is 14.6. The van der Waals surface area contributed by atoms with E-state index < -0.39 is 160 Å². The summed E-state index contributed by atoms with van der Waals surface area (Å²) in [6, 6.07) is 6.19. The summed E-state index contributed by atoms with van der Waals surface area (Å²) in [5, 5.41) is 1.62. The van der Waals surface area contributed by atoms with E-state index in [1.807, 2.05) is 66.7 Å². The van der Waals surface area contributed by atoms with Crippen molar-refractivity contribution in [3.63, 3.8) is 0 Å². The Hall–Kier alpha value is -6.79. The molecule has 8 aromatic carbocycles. The van der Waals surface area contributed by atoms with Crippen LogP contribution in [0.15, 0.2) is 188 Å². The molecule has 0 atom stereocenters. The zero-order chi connectivity index (χ0) is 54.4. The van der Waals surface area contributed by atoms with Crippen LogP contribution in [0.5, 0.6) is 0 Å². The second-order valence-electron chi connectivity index (χ2n) is 12.4. The predicted molar refractivity (Wildman–Crippen MR) is 238 cm³/mol. The lowest BCUT2D eigenvalue weighted by Gasteiger charge is -2.11. The van der Waals surface area contributed by atoms with Crippen LogP contribution in [0.25, 0.3) is 108 Å². The number of nitrogens with zero attached hydrogens (tertiary/aromatic N) is 3. The summed E-state index contributed by atoms with van der Waals surface area (Å²) in [4.78, 5) is 13.6. The second-order valence-corrected chi connectivity index (χ2v) is 14.5. The first-order valence-electron chi connectivity index (χ1n) is 27.1. The highest BCUT2D eigenvalue weighted by atomic mass is 32.1. The van der Waals surface area contributed by atoms with Gasteiger partial charge in [-0.25, -0.2) is 15.0 Å². The lowest BCUT2D eigenvalue weighted by molar-refractivity contribution is 1.08. The molecule has 0 unspecified atom stereocenters. The molecule has 5 heteroatoms. The monoisotopic (exact) mass is 769 g/mol.